The van der Waals surface area contributed by atoms with Crippen molar-refractivity contribution < 1.29 is 4.79 Å². The fraction of sp³-hybridized carbons (Fsp3) is 0.529. The first-order chi connectivity index (χ1) is 11.7. The SMILES string of the molecule is Cc1cc(C(=O)NC(CN)CC(C)C)nc2c1c(=O)n(C)c(=O)n2C. The molecule has 2 aromatic rings. The summed E-state index contributed by atoms with van der Waals surface area (Å²) in [7, 11) is 2.95. The van der Waals surface area contributed by atoms with E-state index >= 15 is 0 Å². The Labute approximate surface area is 145 Å². The molecule has 0 saturated heterocycles. The number of hydrogen-bond acceptors (Lipinski definition) is 5. The Morgan fingerprint density at radius 3 is 2.48 bits per heavy atom. The lowest BCUT2D eigenvalue weighted by molar-refractivity contribution is 0.0929. The summed E-state index contributed by atoms with van der Waals surface area (Å²) in [6.45, 7) is 6.16. The minimum atomic E-state index is -0.485. The first kappa shape index (κ1) is 18.9. The van der Waals surface area contributed by atoms with E-state index in [1.54, 1.807) is 13.0 Å². The molecule has 2 rings (SSSR count). The van der Waals surface area contributed by atoms with Crippen LogP contribution in [0.3, 0.4) is 0 Å². The molecule has 2 heterocycles. The van der Waals surface area contributed by atoms with E-state index in [0.717, 1.165) is 11.0 Å². The van der Waals surface area contributed by atoms with Crippen molar-refractivity contribution in [3.63, 3.8) is 0 Å². The van der Waals surface area contributed by atoms with Gasteiger partial charge in [-0.05, 0) is 30.9 Å². The van der Waals surface area contributed by atoms with Crippen molar-refractivity contribution in [1.29, 1.82) is 0 Å². The molecular formula is C17H25N5O3. The zero-order valence-corrected chi connectivity index (χ0v) is 15.3. The van der Waals surface area contributed by atoms with E-state index < -0.39 is 11.2 Å². The number of nitrogens with zero attached hydrogens (tertiary/aromatic N) is 3. The summed E-state index contributed by atoms with van der Waals surface area (Å²) in [5.41, 5.74) is 5.78. The highest BCUT2D eigenvalue weighted by Crippen LogP contribution is 2.13. The van der Waals surface area contributed by atoms with E-state index in [-0.39, 0.29) is 23.3 Å². The van der Waals surface area contributed by atoms with Crippen LogP contribution in [0.5, 0.6) is 0 Å². The lowest BCUT2D eigenvalue weighted by atomic mass is 10.0. The van der Waals surface area contributed by atoms with Gasteiger partial charge >= 0.3 is 5.69 Å². The van der Waals surface area contributed by atoms with Gasteiger partial charge in [0.15, 0.2) is 0 Å². The third-order valence-electron chi connectivity index (χ3n) is 4.22. The van der Waals surface area contributed by atoms with Crippen LogP contribution in [-0.2, 0) is 14.1 Å². The molecule has 0 saturated carbocycles. The summed E-state index contributed by atoms with van der Waals surface area (Å²) in [6.07, 6.45) is 0.758. The molecule has 0 spiro atoms. The largest absolute Gasteiger partial charge is 0.347 e. The Balaban J connectivity index is 2.52. The molecule has 0 fully saturated rings. The van der Waals surface area contributed by atoms with Crippen LogP contribution in [0.15, 0.2) is 15.7 Å². The van der Waals surface area contributed by atoms with Crippen molar-refractivity contribution >= 4 is 16.9 Å². The van der Waals surface area contributed by atoms with Crippen LogP contribution in [0.2, 0.25) is 0 Å². The predicted octanol–water partition coefficient (Wildman–Crippen LogP) is 0.0438. The summed E-state index contributed by atoms with van der Waals surface area (Å²) in [4.78, 5) is 41.3. The summed E-state index contributed by atoms with van der Waals surface area (Å²) in [5, 5.41) is 3.20. The van der Waals surface area contributed by atoms with Crippen LogP contribution in [0.4, 0.5) is 0 Å². The van der Waals surface area contributed by atoms with Gasteiger partial charge in [-0.25, -0.2) is 9.78 Å². The fourth-order valence-corrected chi connectivity index (χ4v) is 2.89. The van der Waals surface area contributed by atoms with Crippen molar-refractivity contribution in [2.24, 2.45) is 25.7 Å². The van der Waals surface area contributed by atoms with Gasteiger partial charge in [-0.3, -0.25) is 18.7 Å². The lowest BCUT2D eigenvalue weighted by Crippen LogP contribution is -2.42. The maximum absolute atomic E-state index is 12.5. The van der Waals surface area contributed by atoms with Crippen LogP contribution in [0, 0.1) is 12.8 Å². The number of amides is 1. The third kappa shape index (κ3) is 3.63. The number of pyridine rings is 1. The molecule has 8 heteroatoms. The molecule has 0 aliphatic heterocycles. The molecule has 1 unspecified atom stereocenters. The number of fused-ring (bicyclic) bond motifs is 1. The van der Waals surface area contributed by atoms with E-state index in [2.05, 4.69) is 24.1 Å². The highest BCUT2D eigenvalue weighted by atomic mass is 16.2. The number of aromatic nitrogens is 3. The smallest absolute Gasteiger partial charge is 0.332 e. The quantitative estimate of drug-likeness (QED) is 0.793. The standard InChI is InChI=1S/C17H25N5O3/c1-9(2)6-11(8-18)19-15(23)12-7-10(3)13-14(20-12)21(4)17(25)22(5)16(13)24/h7,9,11H,6,8,18H2,1-5H3,(H,19,23). The van der Waals surface area contributed by atoms with Gasteiger partial charge in [0.05, 0.1) is 5.39 Å². The van der Waals surface area contributed by atoms with Crippen molar-refractivity contribution in [1.82, 2.24) is 19.4 Å². The van der Waals surface area contributed by atoms with E-state index in [4.69, 9.17) is 5.73 Å². The van der Waals surface area contributed by atoms with Gasteiger partial charge in [-0.1, -0.05) is 13.8 Å². The highest BCUT2D eigenvalue weighted by molar-refractivity contribution is 5.95. The highest BCUT2D eigenvalue weighted by Gasteiger charge is 2.19. The van der Waals surface area contributed by atoms with Crippen molar-refractivity contribution in [2.75, 3.05) is 6.54 Å². The number of hydrogen-bond donors (Lipinski definition) is 2. The zero-order chi connectivity index (χ0) is 18.9. The van der Waals surface area contributed by atoms with Gasteiger partial charge in [0, 0.05) is 26.7 Å². The molecule has 8 nitrogen and oxygen atoms in total. The summed E-state index contributed by atoms with van der Waals surface area (Å²) >= 11 is 0. The minimum Gasteiger partial charge on any atom is -0.347 e. The second kappa shape index (κ2) is 7.18. The molecule has 25 heavy (non-hydrogen) atoms. The Hall–Kier alpha value is -2.48. The first-order valence-corrected chi connectivity index (χ1v) is 8.25. The number of nitrogens with two attached hydrogens (primary N) is 1. The predicted molar refractivity (Wildman–Crippen MR) is 96.7 cm³/mol. The number of aryl methyl sites for hydroxylation is 2. The molecule has 0 aliphatic carbocycles. The third-order valence-corrected chi connectivity index (χ3v) is 4.22. The number of nitrogens with one attached hydrogen (secondary N) is 1. The minimum absolute atomic E-state index is 0.155. The molecule has 1 amide bonds. The lowest BCUT2D eigenvalue weighted by Gasteiger charge is -2.19. The first-order valence-electron chi connectivity index (χ1n) is 8.25. The Morgan fingerprint density at radius 1 is 1.28 bits per heavy atom. The van der Waals surface area contributed by atoms with Gasteiger partial charge in [-0.15, -0.1) is 0 Å². The van der Waals surface area contributed by atoms with E-state index in [1.165, 1.54) is 18.7 Å². The average Bonchev–Trinajstić information content (AvgIpc) is 2.56. The van der Waals surface area contributed by atoms with Crippen molar-refractivity contribution in [3.05, 3.63) is 38.2 Å². The van der Waals surface area contributed by atoms with Crippen LogP contribution in [-0.4, -0.2) is 32.6 Å². The zero-order valence-electron chi connectivity index (χ0n) is 15.3. The maximum atomic E-state index is 12.5. The van der Waals surface area contributed by atoms with Gasteiger partial charge in [-0.2, -0.15) is 0 Å². The number of carbonyl (C=O) groups excluding carboxylic acids is 1. The van der Waals surface area contributed by atoms with E-state index in [9.17, 15) is 14.4 Å². The summed E-state index contributed by atoms with van der Waals surface area (Å²) in [6, 6.07) is 1.41. The normalized spacial score (nSPS) is 12.6. The molecule has 3 N–H and O–H groups in total. The van der Waals surface area contributed by atoms with Gasteiger partial charge in [0.2, 0.25) is 0 Å². The fourth-order valence-electron chi connectivity index (χ4n) is 2.89. The second-order valence-electron chi connectivity index (χ2n) is 6.76. The van der Waals surface area contributed by atoms with Crippen LogP contribution >= 0.6 is 0 Å². The number of carbonyl (C=O) groups is 1. The van der Waals surface area contributed by atoms with Gasteiger partial charge in [0.1, 0.15) is 11.3 Å². The molecule has 1 atom stereocenters. The van der Waals surface area contributed by atoms with Crippen molar-refractivity contribution in [3.8, 4) is 0 Å². The molecule has 0 radical (unpaired) electrons. The van der Waals surface area contributed by atoms with E-state index in [1.807, 2.05) is 0 Å². The Morgan fingerprint density at radius 2 is 1.92 bits per heavy atom. The van der Waals surface area contributed by atoms with Gasteiger partial charge in [0.25, 0.3) is 11.5 Å². The molecular weight excluding hydrogens is 322 g/mol. The monoisotopic (exact) mass is 347 g/mol. The molecule has 0 aliphatic rings. The summed E-state index contributed by atoms with van der Waals surface area (Å²) < 4.78 is 2.30. The summed E-state index contributed by atoms with van der Waals surface area (Å²) in [5.74, 6) is 0.0261. The average molecular weight is 347 g/mol. The van der Waals surface area contributed by atoms with Crippen LogP contribution < -0.4 is 22.3 Å². The second-order valence-corrected chi connectivity index (χ2v) is 6.76. The van der Waals surface area contributed by atoms with Crippen LogP contribution in [0.1, 0.15) is 36.3 Å². The number of rotatable bonds is 5. The van der Waals surface area contributed by atoms with Crippen molar-refractivity contribution in [2.45, 2.75) is 33.2 Å². The Kier molecular flexibility index (Phi) is 5.42. The topological polar surface area (TPSA) is 112 Å². The van der Waals surface area contributed by atoms with Gasteiger partial charge < -0.3 is 11.1 Å². The van der Waals surface area contributed by atoms with Crippen LogP contribution in [0.25, 0.3) is 11.0 Å². The molecule has 0 bridgehead atoms. The maximum Gasteiger partial charge on any atom is 0.332 e. The molecule has 0 aromatic carbocycles. The molecule has 2 aromatic heterocycles. The van der Waals surface area contributed by atoms with E-state index in [0.29, 0.717) is 23.4 Å². The molecule has 136 valence electrons. The Bertz CT molecular complexity index is 926.